The van der Waals surface area contributed by atoms with Crippen molar-refractivity contribution in [2.45, 2.75) is 11.8 Å². The highest BCUT2D eigenvalue weighted by atomic mass is 32.2. The summed E-state index contributed by atoms with van der Waals surface area (Å²) in [6, 6.07) is 2.51. The minimum Gasteiger partial charge on any atom is -0.398 e. The van der Waals surface area contributed by atoms with Crippen LogP contribution in [0.15, 0.2) is 17.0 Å². The molecular formula is C9H11FN2OS. The number of primary amides is 1. The van der Waals surface area contributed by atoms with Gasteiger partial charge in [-0.3, -0.25) is 4.79 Å². The Balaban J connectivity index is 3.20. The van der Waals surface area contributed by atoms with Gasteiger partial charge in [-0.15, -0.1) is 11.8 Å². The van der Waals surface area contributed by atoms with Crippen LogP contribution in [0.3, 0.4) is 0 Å². The first-order valence-corrected chi connectivity index (χ1v) is 5.06. The SMILES string of the molecule is CCSc1cc(C(N)=O)c(N)cc1F. The van der Waals surface area contributed by atoms with Crippen LogP contribution < -0.4 is 11.5 Å². The number of thioether (sulfide) groups is 1. The summed E-state index contributed by atoms with van der Waals surface area (Å²) < 4.78 is 13.2. The number of rotatable bonds is 3. The molecule has 1 rings (SSSR count). The molecule has 0 bridgehead atoms. The molecule has 0 spiro atoms. The second-order valence-corrected chi connectivity index (χ2v) is 3.97. The zero-order chi connectivity index (χ0) is 10.7. The lowest BCUT2D eigenvalue weighted by Gasteiger charge is -2.06. The quantitative estimate of drug-likeness (QED) is 0.593. The van der Waals surface area contributed by atoms with Crippen LogP contribution in [0.5, 0.6) is 0 Å². The maximum absolute atomic E-state index is 13.2. The third-order valence-electron chi connectivity index (χ3n) is 1.67. The molecule has 0 fully saturated rings. The summed E-state index contributed by atoms with van der Waals surface area (Å²) in [4.78, 5) is 11.3. The van der Waals surface area contributed by atoms with Crippen LogP contribution in [0.1, 0.15) is 17.3 Å². The molecule has 4 N–H and O–H groups in total. The maximum atomic E-state index is 13.2. The molecule has 0 saturated heterocycles. The molecule has 1 aromatic rings. The molecule has 0 heterocycles. The van der Waals surface area contributed by atoms with Crippen LogP contribution in [0.2, 0.25) is 0 Å². The molecule has 76 valence electrons. The number of benzene rings is 1. The minimum atomic E-state index is -0.638. The third kappa shape index (κ3) is 2.17. The molecule has 0 saturated carbocycles. The van der Waals surface area contributed by atoms with Gasteiger partial charge in [0.05, 0.1) is 5.56 Å². The lowest BCUT2D eigenvalue weighted by atomic mass is 10.1. The van der Waals surface area contributed by atoms with Gasteiger partial charge in [-0.1, -0.05) is 6.92 Å². The summed E-state index contributed by atoms with van der Waals surface area (Å²) in [5, 5.41) is 0. The van der Waals surface area contributed by atoms with E-state index in [1.54, 1.807) is 0 Å². The first kappa shape index (κ1) is 10.8. The number of hydrogen-bond acceptors (Lipinski definition) is 3. The number of amides is 1. The average molecular weight is 214 g/mol. The average Bonchev–Trinajstić information content (AvgIpc) is 2.09. The predicted octanol–water partition coefficient (Wildman–Crippen LogP) is 1.62. The highest BCUT2D eigenvalue weighted by Gasteiger charge is 2.11. The van der Waals surface area contributed by atoms with Gasteiger partial charge in [0, 0.05) is 10.6 Å². The molecule has 0 aliphatic heterocycles. The second-order valence-electron chi connectivity index (χ2n) is 2.67. The third-order valence-corrected chi connectivity index (χ3v) is 2.58. The Morgan fingerprint density at radius 1 is 1.57 bits per heavy atom. The Labute approximate surface area is 85.7 Å². The fourth-order valence-corrected chi connectivity index (χ4v) is 1.76. The van der Waals surface area contributed by atoms with Crippen LogP contribution in [0.25, 0.3) is 0 Å². The minimum absolute atomic E-state index is 0.0791. The second kappa shape index (κ2) is 4.32. The normalized spacial score (nSPS) is 10.1. The standard InChI is InChI=1S/C9H11FN2OS/c1-2-14-8-3-5(9(12)13)7(11)4-6(8)10/h3-4H,2,11H2,1H3,(H2,12,13). The van der Waals surface area contributed by atoms with Crippen LogP contribution in [0.4, 0.5) is 10.1 Å². The van der Waals surface area contributed by atoms with Gasteiger partial charge < -0.3 is 11.5 Å². The fraction of sp³-hybridized carbons (Fsp3) is 0.222. The highest BCUT2D eigenvalue weighted by molar-refractivity contribution is 7.99. The first-order valence-electron chi connectivity index (χ1n) is 4.08. The molecule has 5 heteroatoms. The van der Waals surface area contributed by atoms with Crippen molar-refractivity contribution in [2.24, 2.45) is 5.73 Å². The zero-order valence-electron chi connectivity index (χ0n) is 7.71. The number of nitrogens with two attached hydrogens (primary N) is 2. The summed E-state index contributed by atoms with van der Waals surface area (Å²) in [5.74, 6) is -0.334. The number of nitrogen functional groups attached to an aromatic ring is 1. The number of anilines is 1. The van der Waals surface area contributed by atoms with Crippen molar-refractivity contribution in [3.05, 3.63) is 23.5 Å². The van der Waals surface area contributed by atoms with E-state index in [-0.39, 0.29) is 11.3 Å². The summed E-state index contributed by atoms with van der Waals surface area (Å²) in [6.45, 7) is 1.89. The Kier molecular flexibility index (Phi) is 3.35. The van der Waals surface area contributed by atoms with Gasteiger partial charge in [0.25, 0.3) is 5.91 Å². The van der Waals surface area contributed by atoms with E-state index in [2.05, 4.69) is 0 Å². The van der Waals surface area contributed by atoms with E-state index in [1.165, 1.54) is 17.8 Å². The molecule has 0 unspecified atom stereocenters. The first-order chi connectivity index (χ1) is 6.56. The summed E-state index contributed by atoms with van der Waals surface area (Å²) in [7, 11) is 0. The maximum Gasteiger partial charge on any atom is 0.250 e. The molecule has 0 aliphatic rings. The van der Waals surface area contributed by atoms with Gasteiger partial charge in [-0.25, -0.2) is 4.39 Å². The van der Waals surface area contributed by atoms with Crippen molar-refractivity contribution in [1.29, 1.82) is 0 Å². The van der Waals surface area contributed by atoms with E-state index in [0.717, 1.165) is 11.8 Å². The van der Waals surface area contributed by atoms with E-state index in [0.29, 0.717) is 4.90 Å². The van der Waals surface area contributed by atoms with Crippen molar-refractivity contribution >= 4 is 23.4 Å². The Morgan fingerprint density at radius 2 is 2.21 bits per heavy atom. The van der Waals surface area contributed by atoms with E-state index >= 15 is 0 Å². The van der Waals surface area contributed by atoms with Crippen LogP contribution in [0, 0.1) is 5.82 Å². The van der Waals surface area contributed by atoms with Crippen LogP contribution in [-0.2, 0) is 0 Å². The van der Waals surface area contributed by atoms with Gasteiger partial charge in [0.1, 0.15) is 5.82 Å². The molecule has 1 amide bonds. The topological polar surface area (TPSA) is 69.1 Å². The lowest BCUT2D eigenvalue weighted by Crippen LogP contribution is -2.14. The molecule has 14 heavy (non-hydrogen) atoms. The van der Waals surface area contributed by atoms with E-state index in [1.807, 2.05) is 6.92 Å². The lowest BCUT2D eigenvalue weighted by molar-refractivity contribution is 0.100. The Morgan fingerprint density at radius 3 is 2.71 bits per heavy atom. The van der Waals surface area contributed by atoms with Gasteiger partial charge in [0.2, 0.25) is 0 Å². The van der Waals surface area contributed by atoms with Gasteiger partial charge in [-0.2, -0.15) is 0 Å². The molecule has 0 aliphatic carbocycles. The molecule has 0 aromatic heterocycles. The number of carbonyl (C=O) groups excluding carboxylic acids is 1. The summed E-state index contributed by atoms with van der Waals surface area (Å²) in [5.41, 5.74) is 10.8. The van der Waals surface area contributed by atoms with Crippen molar-refractivity contribution in [2.75, 3.05) is 11.5 Å². The van der Waals surface area contributed by atoms with Crippen molar-refractivity contribution in [1.82, 2.24) is 0 Å². The van der Waals surface area contributed by atoms with Crippen LogP contribution >= 0.6 is 11.8 Å². The zero-order valence-corrected chi connectivity index (χ0v) is 8.53. The Hall–Kier alpha value is -1.23. The smallest absolute Gasteiger partial charge is 0.250 e. The van der Waals surface area contributed by atoms with Gasteiger partial charge >= 0.3 is 0 Å². The molecular weight excluding hydrogens is 203 g/mol. The van der Waals surface area contributed by atoms with Gasteiger partial charge in [-0.05, 0) is 17.9 Å². The molecule has 1 aromatic carbocycles. The number of halogens is 1. The molecule has 0 radical (unpaired) electrons. The van der Waals surface area contributed by atoms with E-state index in [4.69, 9.17) is 11.5 Å². The summed E-state index contributed by atoms with van der Waals surface area (Å²) >= 11 is 1.30. The number of carbonyl (C=O) groups is 1. The van der Waals surface area contributed by atoms with Crippen LogP contribution in [-0.4, -0.2) is 11.7 Å². The Bertz CT molecular complexity index is 368. The largest absolute Gasteiger partial charge is 0.398 e. The van der Waals surface area contributed by atoms with Crippen molar-refractivity contribution < 1.29 is 9.18 Å². The van der Waals surface area contributed by atoms with E-state index in [9.17, 15) is 9.18 Å². The predicted molar refractivity (Wildman–Crippen MR) is 55.7 cm³/mol. The molecule has 0 atom stereocenters. The van der Waals surface area contributed by atoms with Gasteiger partial charge in [0.15, 0.2) is 0 Å². The van der Waals surface area contributed by atoms with E-state index < -0.39 is 11.7 Å². The monoisotopic (exact) mass is 214 g/mol. The summed E-state index contributed by atoms with van der Waals surface area (Å²) in [6.07, 6.45) is 0. The fourth-order valence-electron chi connectivity index (χ4n) is 1.05. The van der Waals surface area contributed by atoms with Crippen molar-refractivity contribution in [3.63, 3.8) is 0 Å². The molecule has 3 nitrogen and oxygen atoms in total. The van der Waals surface area contributed by atoms with Crippen molar-refractivity contribution in [3.8, 4) is 0 Å². The number of hydrogen-bond donors (Lipinski definition) is 2. The highest BCUT2D eigenvalue weighted by Crippen LogP contribution is 2.26.